The smallest absolute Gasteiger partial charge is 0.337 e. The summed E-state index contributed by atoms with van der Waals surface area (Å²) in [7, 11) is -6.60. The van der Waals surface area contributed by atoms with Gasteiger partial charge in [-0.1, -0.05) is 6.07 Å². The summed E-state index contributed by atoms with van der Waals surface area (Å²) in [6.07, 6.45) is -0.113. The van der Waals surface area contributed by atoms with Crippen molar-refractivity contribution < 1.29 is 31.2 Å². The van der Waals surface area contributed by atoms with Crippen molar-refractivity contribution in [2.45, 2.75) is 25.2 Å². The maximum absolute atomic E-state index is 13.0. The van der Waals surface area contributed by atoms with Crippen LogP contribution >= 0.6 is 0 Å². The van der Waals surface area contributed by atoms with E-state index >= 15 is 0 Å². The highest BCUT2D eigenvalue weighted by molar-refractivity contribution is 7.94. The second kappa shape index (κ2) is 7.73. The molecule has 30 heavy (non-hydrogen) atoms. The molecule has 1 fully saturated rings. The number of amides is 1. The van der Waals surface area contributed by atoms with Crippen LogP contribution in [0.1, 0.15) is 27.9 Å². The van der Waals surface area contributed by atoms with Crippen LogP contribution in [0, 0.1) is 13.8 Å². The van der Waals surface area contributed by atoms with Crippen LogP contribution in [-0.2, 0) is 29.6 Å². The molecule has 1 N–H and O–H groups in total. The van der Waals surface area contributed by atoms with Crippen molar-refractivity contribution in [2.24, 2.45) is 0 Å². The van der Waals surface area contributed by atoms with Crippen molar-refractivity contribution in [3.63, 3.8) is 0 Å². The van der Waals surface area contributed by atoms with Crippen molar-refractivity contribution >= 4 is 43.3 Å². The minimum absolute atomic E-state index is 0.0428. The number of nitrogens with one attached hydrogen (secondary N) is 1. The van der Waals surface area contributed by atoms with E-state index < -0.39 is 31.9 Å². The number of aryl methyl sites for hydroxylation is 2. The predicted octanol–water partition coefficient (Wildman–Crippen LogP) is 1.96. The molecule has 0 unspecified atom stereocenters. The second-order valence-corrected chi connectivity index (χ2v) is 10.4. The number of esters is 1. The lowest BCUT2D eigenvalue weighted by molar-refractivity contribution is -0.116. The van der Waals surface area contributed by atoms with Crippen molar-refractivity contribution in [1.29, 1.82) is 0 Å². The second-order valence-electron chi connectivity index (χ2n) is 6.81. The van der Waals surface area contributed by atoms with E-state index in [0.29, 0.717) is 0 Å². The van der Waals surface area contributed by atoms with Crippen LogP contribution in [0.25, 0.3) is 0 Å². The summed E-state index contributed by atoms with van der Waals surface area (Å²) >= 11 is 0. The maximum Gasteiger partial charge on any atom is 0.337 e. The van der Waals surface area contributed by atoms with Crippen LogP contribution in [0.5, 0.6) is 0 Å². The van der Waals surface area contributed by atoms with Crippen LogP contribution in [0.3, 0.4) is 0 Å². The molecule has 0 spiro atoms. The monoisotopic (exact) mass is 452 g/mol. The number of ether oxygens (including phenoxy) is 1. The molecule has 0 saturated carbocycles. The zero-order valence-corrected chi connectivity index (χ0v) is 18.1. The van der Waals surface area contributed by atoms with Crippen LogP contribution in [-0.4, -0.2) is 41.6 Å². The minimum Gasteiger partial charge on any atom is -0.465 e. The number of sulfonamides is 2. The van der Waals surface area contributed by atoms with E-state index in [9.17, 15) is 26.4 Å². The third kappa shape index (κ3) is 4.03. The summed E-state index contributed by atoms with van der Waals surface area (Å²) in [5.74, 6) is -1.44. The molecule has 2 aromatic carbocycles. The lowest BCUT2D eigenvalue weighted by atomic mass is 10.1. The number of carbonyl (C=O) groups is 2. The summed E-state index contributed by atoms with van der Waals surface area (Å²) in [6, 6.07) is 8.54. The number of benzene rings is 2. The number of carbonyl (C=O) groups excluding carboxylic acids is 2. The molecule has 0 radical (unpaired) electrons. The molecular weight excluding hydrogens is 432 g/mol. The summed E-state index contributed by atoms with van der Waals surface area (Å²) < 4.78 is 58.1. The summed E-state index contributed by atoms with van der Waals surface area (Å²) in [5.41, 5.74) is 1.00. The quantitative estimate of drug-likeness (QED) is 0.687. The highest BCUT2D eigenvalue weighted by Gasteiger charge is 2.37. The Labute approximate surface area is 174 Å². The molecule has 11 heteroatoms. The summed E-state index contributed by atoms with van der Waals surface area (Å²) in [4.78, 5) is 23.7. The molecule has 1 amide bonds. The van der Waals surface area contributed by atoms with Crippen molar-refractivity contribution in [3.05, 3.63) is 53.1 Å². The van der Waals surface area contributed by atoms with Crippen LogP contribution in [0.2, 0.25) is 0 Å². The zero-order valence-electron chi connectivity index (χ0n) is 16.5. The Bertz CT molecular complexity index is 1230. The fraction of sp³-hybridized carbons (Fsp3) is 0.263. The first-order valence-electron chi connectivity index (χ1n) is 8.84. The Morgan fingerprint density at radius 1 is 1.13 bits per heavy atom. The molecule has 160 valence electrons. The fourth-order valence-corrected chi connectivity index (χ4v) is 6.32. The Balaban J connectivity index is 2.00. The van der Waals surface area contributed by atoms with Gasteiger partial charge in [-0.25, -0.2) is 25.9 Å². The van der Waals surface area contributed by atoms with Gasteiger partial charge in [0.2, 0.25) is 15.9 Å². The first-order valence-corrected chi connectivity index (χ1v) is 11.9. The molecule has 1 heterocycles. The molecule has 1 aliphatic rings. The summed E-state index contributed by atoms with van der Waals surface area (Å²) in [6.45, 7) is 3.03. The molecular formula is C19H20N2O7S2. The van der Waals surface area contributed by atoms with Gasteiger partial charge >= 0.3 is 5.97 Å². The van der Waals surface area contributed by atoms with Gasteiger partial charge in [0.05, 0.1) is 29.0 Å². The molecule has 0 bridgehead atoms. The van der Waals surface area contributed by atoms with Gasteiger partial charge in [0.25, 0.3) is 10.0 Å². The van der Waals surface area contributed by atoms with Gasteiger partial charge in [0, 0.05) is 12.1 Å². The Morgan fingerprint density at radius 3 is 2.30 bits per heavy atom. The van der Waals surface area contributed by atoms with Crippen molar-refractivity contribution in [1.82, 2.24) is 0 Å². The van der Waals surface area contributed by atoms with Crippen molar-refractivity contribution in [2.75, 3.05) is 21.9 Å². The first-order chi connectivity index (χ1) is 14.0. The SMILES string of the molecule is COC(=O)c1cccc(NS(=O)(=O)c2c(C)cc(N3C(=O)CCS3(=O)=O)cc2C)c1. The van der Waals surface area contributed by atoms with Gasteiger partial charge in [-0.2, -0.15) is 0 Å². The van der Waals surface area contributed by atoms with E-state index in [0.717, 1.165) is 4.31 Å². The van der Waals surface area contributed by atoms with E-state index in [4.69, 9.17) is 0 Å². The standard InChI is InChI=1S/C19H20N2O7S2/c1-12-9-16(21-17(22)7-8-29(21,24)25)10-13(2)18(12)30(26,27)20-15-6-4-5-14(11-15)19(23)28-3/h4-6,9-11,20H,7-8H2,1-3H3. The normalized spacial score (nSPS) is 15.8. The molecule has 3 rings (SSSR count). The number of nitrogens with zero attached hydrogens (tertiary/aromatic N) is 1. The lowest BCUT2D eigenvalue weighted by Gasteiger charge is -2.19. The number of methoxy groups -OCH3 is 1. The molecule has 0 atom stereocenters. The average molecular weight is 453 g/mol. The van der Waals surface area contributed by atoms with E-state index in [2.05, 4.69) is 9.46 Å². The van der Waals surface area contributed by atoms with E-state index in [1.807, 2.05) is 0 Å². The highest BCUT2D eigenvalue weighted by Crippen LogP contribution is 2.32. The summed E-state index contributed by atoms with van der Waals surface area (Å²) in [5, 5.41) is 0. The van der Waals surface area contributed by atoms with E-state index in [-0.39, 0.29) is 45.1 Å². The number of anilines is 2. The lowest BCUT2D eigenvalue weighted by Crippen LogP contribution is -2.29. The van der Waals surface area contributed by atoms with Gasteiger partial charge in [-0.3, -0.25) is 9.52 Å². The predicted molar refractivity (Wildman–Crippen MR) is 110 cm³/mol. The van der Waals surface area contributed by atoms with Crippen LogP contribution < -0.4 is 9.03 Å². The maximum atomic E-state index is 13.0. The van der Waals surface area contributed by atoms with Gasteiger partial charge in [0.1, 0.15) is 0 Å². The Kier molecular flexibility index (Phi) is 5.61. The number of hydrogen-bond acceptors (Lipinski definition) is 7. The van der Waals surface area contributed by atoms with Gasteiger partial charge in [-0.15, -0.1) is 0 Å². The third-order valence-corrected chi connectivity index (χ3v) is 7.94. The topological polar surface area (TPSA) is 127 Å². The molecule has 9 nitrogen and oxygen atoms in total. The van der Waals surface area contributed by atoms with Gasteiger partial charge in [-0.05, 0) is 55.3 Å². The highest BCUT2D eigenvalue weighted by atomic mass is 32.2. The third-order valence-electron chi connectivity index (χ3n) is 4.56. The average Bonchev–Trinajstić information content (AvgIpc) is 2.92. The largest absolute Gasteiger partial charge is 0.465 e. The fourth-order valence-electron chi connectivity index (χ4n) is 3.37. The number of hydrogen-bond donors (Lipinski definition) is 1. The molecule has 1 saturated heterocycles. The Hall–Kier alpha value is -2.92. The van der Waals surface area contributed by atoms with Gasteiger partial charge in [0.15, 0.2) is 0 Å². The molecule has 2 aromatic rings. The van der Waals surface area contributed by atoms with Crippen LogP contribution in [0.4, 0.5) is 11.4 Å². The minimum atomic E-state index is -4.06. The molecule has 0 aromatic heterocycles. The molecule has 1 aliphatic heterocycles. The Morgan fingerprint density at radius 2 is 1.77 bits per heavy atom. The molecule has 0 aliphatic carbocycles. The zero-order chi connectivity index (χ0) is 22.3. The first kappa shape index (κ1) is 21.8. The van der Waals surface area contributed by atoms with Crippen molar-refractivity contribution in [3.8, 4) is 0 Å². The van der Waals surface area contributed by atoms with Gasteiger partial charge < -0.3 is 4.74 Å². The van der Waals surface area contributed by atoms with Crippen LogP contribution in [0.15, 0.2) is 41.3 Å². The van der Waals surface area contributed by atoms with E-state index in [1.54, 1.807) is 0 Å². The number of rotatable bonds is 5. The van der Waals surface area contributed by atoms with E-state index in [1.165, 1.54) is 57.4 Å².